The Morgan fingerprint density at radius 3 is 2.17 bits per heavy atom. The number of cyclic esters (lactones) is 1. The first-order chi connectivity index (χ1) is 57.9. The zero-order valence-corrected chi connectivity index (χ0v) is 71.3. The number of anilines is 2. The van der Waals surface area contributed by atoms with Crippen molar-refractivity contribution < 1.29 is 95.5 Å². The van der Waals surface area contributed by atoms with Gasteiger partial charge in [-0.15, -0.1) is 5.10 Å². The van der Waals surface area contributed by atoms with E-state index in [-0.39, 0.29) is 73.2 Å². The van der Waals surface area contributed by atoms with E-state index < -0.39 is 83.8 Å². The summed E-state index contributed by atoms with van der Waals surface area (Å²) in [6, 6.07) is 3.60. The standard InChI is InChI=1S/C87H129N13O20/c1-56-16-10-9-11-17-57(2)73(109-7)50-67-24-20-61(6)87(108,120-67)81(105)84(106)99-30-14-12-19-70(99)85(107)118-74(51-71(101)58(3)47-60(5)79(104)80(110-8)78(103)59(4)46-56)68(88)48-62-21-25-66(26-22-62)117-33-15-13-18-65-54-98(96-94-65)32-35-112-37-39-114-41-43-116-45-44-115-42-40-113-38-36-111-34-29-75(102)97-31-28-63(52-97)53-100-83-76(82(89)91-55-92-83)77(95-100)64-23-27-72-69(49-64)93-86(90)119-72/h9-11,16-17,23,27,47,49,54-56,58-59,61-63,66-68,70,73-74,79-80,104,108H,12-15,18-22,24-26,28-46,48,50-53,88H2,1-8H3,(H2,90,93)(H2,89,91,92)/b11-9?,16-10+,57-17?,60-47+/t56-,58-,59-,61-,62?,63?,66?,67+,68-,70+,73+,74+,79-,80+,87-/m1/s1. The lowest BCUT2D eigenvalue weighted by atomic mass is 9.81. The monoisotopic (exact) mass is 1680 g/mol. The van der Waals surface area contributed by atoms with Gasteiger partial charge in [0.05, 0.1) is 122 Å². The number of ketones is 3. The molecule has 4 aliphatic heterocycles. The van der Waals surface area contributed by atoms with Crippen molar-refractivity contribution in [1.82, 2.24) is 49.5 Å². The summed E-state index contributed by atoms with van der Waals surface area (Å²) in [5.41, 5.74) is 24.5. The van der Waals surface area contributed by atoms with Crippen molar-refractivity contribution >= 4 is 69.1 Å². The number of carbonyl (C=O) groups is 6. The number of nitrogens with two attached hydrogens (primary N) is 3. The highest BCUT2D eigenvalue weighted by molar-refractivity contribution is 6.39. The van der Waals surface area contributed by atoms with Crippen LogP contribution in [0.4, 0.5) is 11.8 Å². The molecule has 0 radical (unpaired) electrons. The lowest BCUT2D eigenvalue weighted by molar-refractivity contribution is -0.265. The highest BCUT2D eigenvalue weighted by atomic mass is 16.6. The maximum absolute atomic E-state index is 14.7. The molecule has 1 saturated carbocycles. The Hall–Kier alpha value is -8.16. The van der Waals surface area contributed by atoms with Gasteiger partial charge in [0.25, 0.3) is 17.7 Å². The van der Waals surface area contributed by atoms with E-state index >= 15 is 0 Å². The van der Waals surface area contributed by atoms with Crippen molar-refractivity contribution in [3.05, 3.63) is 84.0 Å². The second-order valence-electron chi connectivity index (χ2n) is 32.8. The molecule has 1 aromatic carbocycles. The van der Waals surface area contributed by atoms with Gasteiger partial charge in [0.1, 0.15) is 53.5 Å². The summed E-state index contributed by atoms with van der Waals surface area (Å²) >= 11 is 0. The Morgan fingerprint density at radius 1 is 0.758 bits per heavy atom. The number of aromatic nitrogens is 8. The highest BCUT2D eigenvalue weighted by Crippen LogP contribution is 2.39. The number of ether oxygens (including phenoxy) is 11. The van der Waals surface area contributed by atoms with Crippen molar-refractivity contribution in [2.24, 2.45) is 41.2 Å². The van der Waals surface area contributed by atoms with Crippen molar-refractivity contribution in [3.8, 4) is 11.3 Å². The maximum Gasteiger partial charge on any atom is 0.329 e. The van der Waals surface area contributed by atoms with Crippen LogP contribution in [-0.4, -0.2) is 269 Å². The van der Waals surface area contributed by atoms with Gasteiger partial charge in [-0.1, -0.05) is 69.4 Å². The normalized spacial score (nSPS) is 27.4. The molecule has 662 valence electrons. The van der Waals surface area contributed by atoms with Crippen LogP contribution in [0.15, 0.2) is 82.7 Å². The summed E-state index contributed by atoms with van der Waals surface area (Å²) in [6.07, 6.45) is 19.6. The molecule has 13 atom stereocenters. The second-order valence-corrected chi connectivity index (χ2v) is 32.8. The van der Waals surface area contributed by atoms with Crippen LogP contribution >= 0.6 is 0 Å². The molecule has 1 aliphatic carbocycles. The van der Waals surface area contributed by atoms with Crippen LogP contribution in [0.3, 0.4) is 0 Å². The molecular formula is C87H129N13O20. The van der Waals surface area contributed by atoms with Gasteiger partial charge in [0.15, 0.2) is 17.0 Å². The van der Waals surface area contributed by atoms with Crippen molar-refractivity contribution in [1.29, 1.82) is 0 Å². The number of carbonyl (C=O) groups excluding carboxylic acids is 6. The number of hydrogen-bond donors (Lipinski definition) is 5. The Morgan fingerprint density at radius 2 is 1.47 bits per heavy atom. The third kappa shape index (κ3) is 27.2. The number of esters is 1. The number of hydrogen-bond acceptors (Lipinski definition) is 29. The number of oxazole rings is 1. The molecule has 33 heteroatoms. The average molecular weight is 1680 g/mol. The van der Waals surface area contributed by atoms with Crippen molar-refractivity contribution in [3.63, 3.8) is 0 Å². The number of allylic oxidation sites excluding steroid dienone is 6. The number of amides is 2. The number of rotatable bonds is 35. The summed E-state index contributed by atoms with van der Waals surface area (Å²) in [4.78, 5) is 101. The van der Waals surface area contributed by atoms with Gasteiger partial charge >= 0.3 is 5.97 Å². The fourth-order valence-corrected chi connectivity index (χ4v) is 16.6. The van der Waals surface area contributed by atoms with Gasteiger partial charge in [0, 0.05) is 95.4 Å². The van der Waals surface area contributed by atoms with E-state index in [2.05, 4.69) is 25.3 Å². The predicted octanol–water partition coefficient (Wildman–Crippen LogP) is 8.04. The van der Waals surface area contributed by atoms with Crippen LogP contribution in [-0.2, 0) is 100 Å². The third-order valence-electron chi connectivity index (χ3n) is 23.7. The highest BCUT2D eigenvalue weighted by Gasteiger charge is 2.53. The molecule has 0 spiro atoms. The Balaban J connectivity index is 0.566. The van der Waals surface area contributed by atoms with Crippen LogP contribution < -0.4 is 17.2 Å². The fourth-order valence-electron chi connectivity index (χ4n) is 16.6. The number of piperidine rings is 1. The molecule has 33 nitrogen and oxygen atoms in total. The number of nitrogen functional groups attached to an aromatic ring is 2. The zero-order chi connectivity index (χ0) is 85.7. The van der Waals surface area contributed by atoms with E-state index in [1.165, 1.54) is 18.3 Å². The Labute approximate surface area is 703 Å². The Kier molecular flexibility index (Phi) is 37.2. The first kappa shape index (κ1) is 94.1. The number of aryl methyl sites for hydroxylation is 1. The molecule has 120 heavy (non-hydrogen) atoms. The molecule has 5 aromatic rings. The third-order valence-corrected chi connectivity index (χ3v) is 23.7. The molecule has 4 fully saturated rings. The Bertz CT molecular complexity index is 4230. The van der Waals surface area contributed by atoms with Crippen LogP contribution in [0, 0.1) is 35.5 Å². The number of benzene rings is 1. The van der Waals surface area contributed by atoms with Gasteiger partial charge < -0.3 is 93.7 Å². The smallest absolute Gasteiger partial charge is 0.329 e. The average Bonchev–Trinajstić information content (AvgIpc) is 1.29. The summed E-state index contributed by atoms with van der Waals surface area (Å²) in [7, 11) is 2.95. The van der Waals surface area contributed by atoms with E-state index in [4.69, 9.17) is 78.8 Å². The van der Waals surface area contributed by atoms with Crippen LogP contribution in [0.1, 0.15) is 156 Å². The first-order valence-electron chi connectivity index (χ1n) is 43.0. The second kappa shape index (κ2) is 47.5. The van der Waals surface area contributed by atoms with Crippen LogP contribution in [0.2, 0.25) is 0 Å². The summed E-state index contributed by atoms with van der Waals surface area (Å²) < 4.78 is 73.5. The van der Waals surface area contributed by atoms with E-state index in [9.17, 15) is 39.0 Å². The van der Waals surface area contributed by atoms with E-state index in [1.807, 2.05) is 79.1 Å². The molecule has 8 N–H and O–H groups in total. The van der Waals surface area contributed by atoms with E-state index in [0.717, 1.165) is 68.2 Å². The summed E-state index contributed by atoms with van der Waals surface area (Å²) in [5.74, 6) is -7.45. The van der Waals surface area contributed by atoms with Crippen LogP contribution in [0.25, 0.3) is 33.4 Å². The molecule has 4 aromatic heterocycles. The quantitative estimate of drug-likeness (QED) is 0.0111. The number of methoxy groups -OCH3 is 2. The molecule has 3 saturated heterocycles. The topological polar surface area (TPSA) is 429 Å². The first-order valence-corrected chi connectivity index (χ1v) is 43.0. The number of unbranched alkanes of at least 4 members (excludes halogenated alkanes) is 1. The van der Waals surface area contributed by atoms with Gasteiger partial charge in [-0.3, -0.25) is 24.0 Å². The zero-order valence-electron chi connectivity index (χ0n) is 71.3. The molecular weight excluding hydrogens is 1550 g/mol. The molecule has 8 heterocycles. The number of likely N-dealkylation sites (tertiary alicyclic amines) is 1. The minimum absolute atomic E-state index is 0.00704. The number of aliphatic hydroxyl groups excluding tert-OH is 1. The van der Waals surface area contributed by atoms with Gasteiger partial charge in [-0.2, -0.15) is 10.1 Å². The molecule has 1 unspecified atom stereocenters. The number of Topliss-reactive ketones (excluding diaryl/α,β-unsaturated/α-hetero) is 3. The largest absolute Gasteiger partial charge is 0.459 e. The summed E-state index contributed by atoms with van der Waals surface area (Å²) in [5, 5.41) is 37.9. The lowest BCUT2D eigenvalue weighted by Gasteiger charge is -2.42. The van der Waals surface area contributed by atoms with E-state index in [1.54, 1.807) is 44.7 Å². The van der Waals surface area contributed by atoms with Crippen molar-refractivity contribution in [2.45, 2.75) is 225 Å². The van der Waals surface area contributed by atoms with Crippen molar-refractivity contribution in [2.75, 3.05) is 131 Å². The van der Waals surface area contributed by atoms with Gasteiger partial charge in [0.2, 0.25) is 11.7 Å². The predicted molar refractivity (Wildman–Crippen MR) is 446 cm³/mol. The number of fused-ring (bicyclic) bond motifs is 5. The SMILES string of the molecule is CO[C@H]1C[C@@H]2CC[C@@H](C)[C@@](O)(O2)C(=O)C(=O)N2CCCC[C@H]2C(=O)O[C@H]([C@H](N)CC2CCC(OCCCCc3cn(CCOCCOCCOCCOCCOCCOCCC(=O)N4CCC(Cn5nc(-c6ccc7oc(N)nc7c6)c6c(N)ncnc65)C4)nn3)CC2)CC(=O)[C@H](C)/C=C(\C)[C@@H](O)[C@@H](OC)C(=O)[C@H](C)C[C@H](C)/C=C/C=CC=C1C. The number of nitrogens with zero attached hydrogens (tertiary/aromatic N) is 10. The van der Waals surface area contributed by atoms with Gasteiger partial charge in [-0.25, -0.2) is 24.1 Å². The number of aliphatic hydroxyl groups is 2. The van der Waals surface area contributed by atoms with E-state index in [0.29, 0.717) is 196 Å². The van der Waals surface area contributed by atoms with Gasteiger partial charge in [-0.05, 0) is 157 Å². The minimum Gasteiger partial charge on any atom is -0.459 e. The molecule has 2 bridgehead atoms. The lowest BCUT2D eigenvalue weighted by Crippen LogP contribution is -2.61. The van der Waals surface area contributed by atoms with Crippen LogP contribution in [0.5, 0.6) is 0 Å². The fraction of sp³-hybridized carbons (Fsp3) is 0.678. The molecule has 10 rings (SSSR count). The maximum atomic E-state index is 14.7. The minimum atomic E-state index is -2.47. The summed E-state index contributed by atoms with van der Waals surface area (Å²) in [6.45, 7) is 18.6. The molecule has 2 amide bonds. The molecule has 5 aliphatic rings.